The first-order valence-corrected chi connectivity index (χ1v) is 9.91. The van der Waals surface area contributed by atoms with Crippen molar-refractivity contribution in [2.75, 3.05) is 0 Å². The first-order chi connectivity index (χ1) is 14.4. The van der Waals surface area contributed by atoms with Crippen LogP contribution in [-0.2, 0) is 6.42 Å². The van der Waals surface area contributed by atoms with Crippen LogP contribution in [0.25, 0.3) is 33.0 Å². The molecule has 3 aliphatic carbocycles. The lowest BCUT2D eigenvalue weighted by Gasteiger charge is -2.01. The summed E-state index contributed by atoms with van der Waals surface area (Å²) in [7, 11) is 0. The molecule has 3 aliphatic rings. The summed E-state index contributed by atoms with van der Waals surface area (Å²) in [6.07, 6.45) is 0.965. The minimum atomic E-state index is 0.898. The fourth-order valence-corrected chi connectivity index (χ4v) is 4.47. The highest BCUT2D eigenvalue weighted by Gasteiger charge is 2.18. The van der Waals surface area contributed by atoms with Crippen LogP contribution in [0.2, 0.25) is 0 Å². The molecule has 0 amide bonds. The van der Waals surface area contributed by atoms with Gasteiger partial charge in [0.05, 0.1) is 5.69 Å². The molecule has 0 aliphatic heterocycles. The van der Waals surface area contributed by atoms with Crippen molar-refractivity contribution in [1.29, 1.82) is 0 Å². The van der Waals surface area contributed by atoms with Gasteiger partial charge < -0.3 is 0 Å². The summed E-state index contributed by atoms with van der Waals surface area (Å²) in [5.74, 6) is 0. The second-order valence-corrected chi connectivity index (χ2v) is 7.51. The summed E-state index contributed by atoms with van der Waals surface area (Å²) in [5.41, 5.74) is 9.55. The van der Waals surface area contributed by atoms with Gasteiger partial charge in [0.1, 0.15) is 5.69 Å². The number of hydrogen-bond donors (Lipinski definition) is 0. The minimum absolute atomic E-state index is 0.898. The number of fused-ring (bicyclic) bond motifs is 6. The highest BCUT2D eigenvalue weighted by Crippen LogP contribution is 2.45. The van der Waals surface area contributed by atoms with Crippen LogP contribution in [0.3, 0.4) is 0 Å². The molecule has 136 valence electrons. The van der Waals surface area contributed by atoms with E-state index in [0.29, 0.717) is 0 Å². The van der Waals surface area contributed by atoms with E-state index in [1.807, 2.05) is 6.07 Å². The zero-order chi connectivity index (χ0) is 19.2. The molecule has 0 heterocycles. The van der Waals surface area contributed by atoms with Crippen LogP contribution in [0.4, 0.5) is 11.4 Å². The molecule has 3 aromatic carbocycles. The van der Waals surface area contributed by atoms with Gasteiger partial charge in [-0.1, -0.05) is 84.9 Å². The van der Waals surface area contributed by atoms with Gasteiger partial charge in [0.25, 0.3) is 0 Å². The SMILES string of the molecule is c1ccc2c(N=Nc3ccc4c(c3)Cc3ccccc3-4)c3ccccc3c-2cc1. The third-order valence-corrected chi connectivity index (χ3v) is 5.81. The molecule has 0 unspecified atom stereocenters. The smallest absolute Gasteiger partial charge is 0.101 e. The van der Waals surface area contributed by atoms with Crippen LogP contribution in [0, 0.1) is 0 Å². The maximum Gasteiger partial charge on any atom is 0.101 e. The predicted octanol–water partition coefficient (Wildman–Crippen LogP) is 7.93. The number of benzene rings is 3. The van der Waals surface area contributed by atoms with E-state index in [9.17, 15) is 0 Å². The van der Waals surface area contributed by atoms with E-state index in [-0.39, 0.29) is 0 Å². The molecule has 0 radical (unpaired) electrons. The number of rotatable bonds is 2. The Hall–Kier alpha value is -3.78. The second-order valence-electron chi connectivity index (χ2n) is 7.51. The van der Waals surface area contributed by atoms with Crippen LogP contribution < -0.4 is 0 Å². The Labute approximate surface area is 169 Å². The highest BCUT2D eigenvalue weighted by molar-refractivity contribution is 6.12. The molecular weight excluding hydrogens is 352 g/mol. The van der Waals surface area contributed by atoms with Crippen LogP contribution in [0.1, 0.15) is 11.1 Å². The van der Waals surface area contributed by atoms with Gasteiger partial charge in [-0.15, -0.1) is 5.11 Å². The van der Waals surface area contributed by atoms with Gasteiger partial charge in [0.15, 0.2) is 0 Å². The summed E-state index contributed by atoms with van der Waals surface area (Å²) in [5, 5.41) is 11.7. The molecule has 0 saturated heterocycles. The Morgan fingerprint density at radius 1 is 0.483 bits per heavy atom. The summed E-state index contributed by atoms with van der Waals surface area (Å²) >= 11 is 0. The molecule has 0 saturated carbocycles. The van der Waals surface area contributed by atoms with Gasteiger partial charge in [-0.05, 0) is 51.8 Å². The third-order valence-electron chi connectivity index (χ3n) is 5.81. The maximum atomic E-state index is 4.72. The van der Waals surface area contributed by atoms with Crippen molar-refractivity contribution in [2.24, 2.45) is 10.2 Å². The Morgan fingerprint density at radius 2 is 1.17 bits per heavy atom. The molecule has 2 nitrogen and oxygen atoms in total. The Morgan fingerprint density at radius 3 is 2.10 bits per heavy atom. The first kappa shape index (κ1) is 16.2. The summed E-state index contributed by atoms with van der Waals surface area (Å²) in [6, 6.07) is 33.9. The third kappa shape index (κ3) is 2.57. The van der Waals surface area contributed by atoms with Gasteiger partial charge in [-0.3, -0.25) is 0 Å². The molecule has 2 heteroatoms. The summed E-state index contributed by atoms with van der Waals surface area (Å²) in [4.78, 5) is 0. The maximum absolute atomic E-state index is 4.72. The van der Waals surface area contributed by atoms with Crippen molar-refractivity contribution in [2.45, 2.75) is 6.42 Å². The van der Waals surface area contributed by atoms with Crippen molar-refractivity contribution in [3.63, 3.8) is 0 Å². The molecule has 6 rings (SSSR count). The van der Waals surface area contributed by atoms with Gasteiger partial charge >= 0.3 is 0 Å². The lowest BCUT2D eigenvalue weighted by atomic mass is 10.1. The Balaban J connectivity index is 1.44. The first-order valence-electron chi connectivity index (χ1n) is 9.91. The standard InChI is InChI=1S/C27H18N2/c1-2-10-23-24-11-6-7-13-26(24)27(25(23)12-3-1)29-28-20-14-15-22-19(17-20)16-18-8-4-5-9-21(18)22/h1-15,17H,16H2. The van der Waals surface area contributed by atoms with E-state index in [4.69, 9.17) is 5.11 Å². The Kier molecular flexibility index (Phi) is 3.57. The molecule has 0 spiro atoms. The lowest BCUT2D eigenvalue weighted by Crippen LogP contribution is -1.78. The summed E-state index contributed by atoms with van der Waals surface area (Å²) in [6.45, 7) is 0. The molecule has 0 N–H and O–H groups in total. The van der Waals surface area contributed by atoms with Crippen molar-refractivity contribution < 1.29 is 0 Å². The van der Waals surface area contributed by atoms with E-state index in [2.05, 4.69) is 96.1 Å². The normalized spacial score (nSPS) is 12.6. The molecule has 0 atom stereocenters. The average molecular weight is 370 g/mol. The number of hydrogen-bond acceptors (Lipinski definition) is 2. The van der Waals surface area contributed by atoms with E-state index < -0.39 is 0 Å². The highest BCUT2D eigenvalue weighted by atomic mass is 15.1. The van der Waals surface area contributed by atoms with Crippen molar-refractivity contribution >= 4 is 22.1 Å². The van der Waals surface area contributed by atoms with E-state index in [1.165, 1.54) is 33.2 Å². The quantitative estimate of drug-likeness (QED) is 0.276. The van der Waals surface area contributed by atoms with E-state index in [0.717, 1.165) is 28.7 Å². The van der Waals surface area contributed by atoms with Gasteiger partial charge in [0, 0.05) is 10.9 Å². The fourth-order valence-electron chi connectivity index (χ4n) is 4.47. The average Bonchev–Trinajstić information content (AvgIpc) is 3.16. The van der Waals surface area contributed by atoms with Crippen LogP contribution in [0.15, 0.2) is 107 Å². The number of nitrogens with zero attached hydrogens (tertiary/aromatic N) is 2. The van der Waals surface area contributed by atoms with Crippen LogP contribution >= 0.6 is 0 Å². The molecule has 29 heavy (non-hydrogen) atoms. The second kappa shape index (κ2) is 6.39. The van der Waals surface area contributed by atoms with Crippen molar-refractivity contribution in [3.05, 3.63) is 108 Å². The zero-order valence-corrected chi connectivity index (χ0v) is 15.8. The van der Waals surface area contributed by atoms with Crippen LogP contribution in [0.5, 0.6) is 0 Å². The molecule has 0 aromatic heterocycles. The summed E-state index contributed by atoms with van der Waals surface area (Å²) < 4.78 is 0. The van der Waals surface area contributed by atoms with Gasteiger partial charge in [-0.25, -0.2) is 0 Å². The minimum Gasteiger partial charge on any atom is -0.151 e. The molecule has 0 fully saturated rings. The van der Waals surface area contributed by atoms with Crippen molar-refractivity contribution in [3.8, 4) is 22.3 Å². The largest absolute Gasteiger partial charge is 0.151 e. The monoisotopic (exact) mass is 370 g/mol. The zero-order valence-electron chi connectivity index (χ0n) is 15.8. The van der Waals surface area contributed by atoms with E-state index in [1.54, 1.807) is 0 Å². The fraction of sp³-hybridized carbons (Fsp3) is 0.0370. The molecular formula is C27H18N2. The Bertz CT molecular complexity index is 1380. The topological polar surface area (TPSA) is 24.7 Å². The van der Waals surface area contributed by atoms with Gasteiger partial charge in [-0.2, -0.15) is 5.11 Å². The number of azo groups is 1. The van der Waals surface area contributed by atoms with Crippen LogP contribution in [-0.4, -0.2) is 0 Å². The van der Waals surface area contributed by atoms with E-state index >= 15 is 0 Å². The van der Waals surface area contributed by atoms with Crippen molar-refractivity contribution in [1.82, 2.24) is 0 Å². The van der Waals surface area contributed by atoms with Gasteiger partial charge in [0.2, 0.25) is 0 Å². The lowest BCUT2D eigenvalue weighted by molar-refractivity contribution is 1.22. The molecule has 3 aromatic rings. The predicted molar refractivity (Wildman–Crippen MR) is 119 cm³/mol. The molecule has 0 bridgehead atoms.